The Morgan fingerprint density at radius 3 is 2.44 bits per heavy atom. The van der Waals surface area contributed by atoms with Crippen LogP contribution >= 0.6 is 0 Å². The average molecular weight is 356 g/mol. The van der Waals surface area contributed by atoms with Crippen molar-refractivity contribution in [2.45, 2.75) is 19.3 Å². The highest BCUT2D eigenvalue weighted by molar-refractivity contribution is 5.94. The lowest BCUT2D eigenvalue weighted by Gasteiger charge is -2.24. The average Bonchev–Trinajstić information content (AvgIpc) is 3.16. The normalized spacial score (nSPS) is 23.6. The first-order valence-electron chi connectivity index (χ1n) is 8.18. The Labute approximate surface area is 143 Å². The maximum absolute atomic E-state index is 13.8. The molecule has 0 saturated carbocycles. The predicted molar refractivity (Wildman–Crippen MR) is 82.6 cm³/mol. The van der Waals surface area contributed by atoms with E-state index in [0.717, 1.165) is 19.4 Å². The Kier molecular flexibility index (Phi) is 4.73. The van der Waals surface area contributed by atoms with Gasteiger partial charge in [0.05, 0.1) is 12.0 Å². The first kappa shape index (κ1) is 17.7. The van der Waals surface area contributed by atoms with Gasteiger partial charge in [-0.1, -0.05) is 0 Å². The summed E-state index contributed by atoms with van der Waals surface area (Å²) in [6, 6.07) is 0.990. The molecule has 2 aliphatic rings. The van der Waals surface area contributed by atoms with Crippen molar-refractivity contribution in [3.05, 3.63) is 35.1 Å². The largest absolute Gasteiger partial charge is 0.481 e. The van der Waals surface area contributed by atoms with Crippen LogP contribution in [0.1, 0.15) is 29.6 Å². The van der Waals surface area contributed by atoms with Gasteiger partial charge >= 0.3 is 5.97 Å². The summed E-state index contributed by atoms with van der Waals surface area (Å²) < 4.78 is 40.2. The van der Waals surface area contributed by atoms with Crippen molar-refractivity contribution >= 4 is 11.9 Å². The fourth-order valence-electron chi connectivity index (χ4n) is 3.77. The van der Waals surface area contributed by atoms with Crippen LogP contribution in [-0.2, 0) is 4.79 Å². The van der Waals surface area contributed by atoms with E-state index >= 15 is 0 Å². The minimum Gasteiger partial charge on any atom is -0.481 e. The molecule has 0 bridgehead atoms. The van der Waals surface area contributed by atoms with Crippen LogP contribution in [-0.4, -0.2) is 59.5 Å². The maximum atomic E-state index is 13.8. The molecule has 1 atom stereocenters. The number of likely N-dealkylation sites (tertiary alicyclic amines) is 2. The van der Waals surface area contributed by atoms with Gasteiger partial charge in [-0.3, -0.25) is 9.59 Å². The lowest BCUT2D eigenvalue weighted by molar-refractivity contribution is -0.137. The summed E-state index contributed by atoms with van der Waals surface area (Å²) >= 11 is 0. The molecule has 8 heteroatoms. The Morgan fingerprint density at radius 2 is 1.72 bits per heavy atom. The Balaban J connectivity index is 1.66. The summed E-state index contributed by atoms with van der Waals surface area (Å²) in [7, 11) is 0. The number of amides is 1. The number of hydrogen-bond donors (Lipinski definition) is 1. The summed E-state index contributed by atoms with van der Waals surface area (Å²) in [5, 5.41) is 8.77. The van der Waals surface area contributed by atoms with Crippen molar-refractivity contribution in [1.82, 2.24) is 9.80 Å². The van der Waals surface area contributed by atoms with E-state index in [4.69, 9.17) is 5.11 Å². The first-order chi connectivity index (χ1) is 11.8. The summed E-state index contributed by atoms with van der Waals surface area (Å²) in [6.07, 6.45) is 1.63. The number of carboxylic acid groups (broad SMARTS) is 1. The zero-order valence-corrected chi connectivity index (χ0v) is 13.6. The number of carbonyl (C=O) groups is 2. The van der Waals surface area contributed by atoms with Crippen LogP contribution < -0.4 is 0 Å². The predicted octanol–water partition coefficient (Wildman–Crippen LogP) is 2.12. The summed E-state index contributed by atoms with van der Waals surface area (Å²) in [4.78, 5) is 26.7. The molecule has 2 aliphatic heterocycles. The molecular weight excluding hydrogens is 337 g/mol. The lowest BCUT2D eigenvalue weighted by atomic mass is 9.86. The minimum atomic E-state index is -1.32. The van der Waals surface area contributed by atoms with Gasteiger partial charge in [-0.2, -0.15) is 0 Å². The van der Waals surface area contributed by atoms with Crippen LogP contribution in [0.5, 0.6) is 0 Å². The van der Waals surface area contributed by atoms with Gasteiger partial charge in [0.1, 0.15) is 5.82 Å². The first-order valence-corrected chi connectivity index (χ1v) is 8.18. The molecule has 3 rings (SSSR count). The smallest absolute Gasteiger partial charge is 0.304 e. The van der Waals surface area contributed by atoms with Crippen molar-refractivity contribution in [3.63, 3.8) is 0 Å². The molecule has 2 heterocycles. The van der Waals surface area contributed by atoms with Crippen LogP contribution in [0.25, 0.3) is 0 Å². The van der Waals surface area contributed by atoms with E-state index in [2.05, 4.69) is 4.90 Å². The maximum Gasteiger partial charge on any atom is 0.304 e. The third-order valence-corrected chi connectivity index (χ3v) is 5.13. The van der Waals surface area contributed by atoms with Crippen LogP contribution in [0.4, 0.5) is 13.2 Å². The molecule has 1 spiro atoms. The molecule has 1 amide bonds. The molecule has 1 aromatic carbocycles. The number of carboxylic acids is 1. The molecule has 0 aromatic heterocycles. The van der Waals surface area contributed by atoms with Crippen LogP contribution in [0.2, 0.25) is 0 Å². The van der Waals surface area contributed by atoms with Crippen molar-refractivity contribution in [3.8, 4) is 0 Å². The lowest BCUT2D eigenvalue weighted by Crippen LogP contribution is -2.34. The van der Waals surface area contributed by atoms with Crippen molar-refractivity contribution in [2.75, 3.05) is 32.7 Å². The van der Waals surface area contributed by atoms with Crippen molar-refractivity contribution < 1.29 is 27.9 Å². The van der Waals surface area contributed by atoms with Gasteiger partial charge in [-0.25, -0.2) is 13.2 Å². The van der Waals surface area contributed by atoms with Gasteiger partial charge in [0.2, 0.25) is 0 Å². The molecule has 2 saturated heterocycles. The second-order valence-corrected chi connectivity index (χ2v) is 6.89. The number of halogens is 3. The molecule has 136 valence electrons. The fraction of sp³-hybridized carbons (Fsp3) is 0.529. The number of benzene rings is 1. The second kappa shape index (κ2) is 6.67. The second-order valence-electron chi connectivity index (χ2n) is 6.89. The van der Waals surface area contributed by atoms with E-state index in [1.165, 1.54) is 4.90 Å². The minimum absolute atomic E-state index is 0.0682. The number of rotatable bonds is 4. The van der Waals surface area contributed by atoms with E-state index < -0.39 is 34.9 Å². The van der Waals surface area contributed by atoms with Gasteiger partial charge in [0.15, 0.2) is 11.6 Å². The zero-order valence-electron chi connectivity index (χ0n) is 13.6. The molecule has 1 aromatic rings. The van der Waals surface area contributed by atoms with Crippen LogP contribution in [0.15, 0.2) is 12.1 Å². The highest BCUT2D eigenvalue weighted by Crippen LogP contribution is 2.40. The van der Waals surface area contributed by atoms with E-state index in [1.54, 1.807) is 0 Å². The summed E-state index contributed by atoms with van der Waals surface area (Å²) in [6.45, 7) is 2.74. The van der Waals surface area contributed by atoms with Gasteiger partial charge in [0.25, 0.3) is 5.91 Å². The monoisotopic (exact) mass is 356 g/mol. The van der Waals surface area contributed by atoms with Gasteiger partial charge in [-0.15, -0.1) is 0 Å². The Morgan fingerprint density at radius 1 is 1.04 bits per heavy atom. The number of nitrogens with zero attached hydrogens (tertiary/aromatic N) is 2. The van der Waals surface area contributed by atoms with E-state index in [9.17, 15) is 22.8 Å². The topological polar surface area (TPSA) is 60.9 Å². The van der Waals surface area contributed by atoms with E-state index in [0.29, 0.717) is 38.3 Å². The summed E-state index contributed by atoms with van der Waals surface area (Å²) in [5.74, 6) is -5.13. The third kappa shape index (κ3) is 3.63. The van der Waals surface area contributed by atoms with Crippen LogP contribution in [0.3, 0.4) is 0 Å². The third-order valence-electron chi connectivity index (χ3n) is 5.13. The van der Waals surface area contributed by atoms with Gasteiger partial charge in [-0.05, 0) is 25.5 Å². The highest BCUT2D eigenvalue weighted by atomic mass is 19.2. The molecule has 25 heavy (non-hydrogen) atoms. The fourth-order valence-corrected chi connectivity index (χ4v) is 3.77. The number of carbonyl (C=O) groups excluding carboxylic acids is 1. The Hall–Kier alpha value is -2.09. The zero-order chi connectivity index (χ0) is 18.2. The van der Waals surface area contributed by atoms with Gasteiger partial charge in [0, 0.05) is 37.7 Å². The molecule has 2 fully saturated rings. The van der Waals surface area contributed by atoms with E-state index in [-0.39, 0.29) is 11.8 Å². The molecule has 1 N–H and O–H groups in total. The Bertz CT molecular complexity index is 713. The van der Waals surface area contributed by atoms with Gasteiger partial charge < -0.3 is 14.9 Å². The van der Waals surface area contributed by atoms with Crippen molar-refractivity contribution in [1.29, 1.82) is 0 Å². The van der Waals surface area contributed by atoms with E-state index in [1.807, 2.05) is 0 Å². The molecule has 0 aliphatic carbocycles. The van der Waals surface area contributed by atoms with Crippen LogP contribution in [0, 0.1) is 22.9 Å². The number of aliphatic carboxylic acids is 1. The quantitative estimate of drug-likeness (QED) is 0.840. The van der Waals surface area contributed by atoms with Crippen molar-refractivity contribution in [2.24, 2.45) is 5.41 Å². The standard InChI is InChI=1S/C17H19F3N2O3/c18-12-8-14(20)13(19)7-11(12)16(25)22-6-3-17(10-22)2-5-21(9-17)4-1-15(23)24/h7-8H,1-6,9-10H2,(H,23,24). The number of hydrogen-bond acceptors (Lipinski definition) is 3. The summed E-state index contributed by atoms with van der Waals surface area (Å²) in [5.41, 5.74) is -0.597. The molecule has 0 radical (unpaired) electrons. The highest BCUT2D eigenvalue weighted by Gasteiger charge is 2.45. The molecule has 1 unspecified atom stereocenters. The SMILES string of the molecule is O=C(O)CCN1CCC2(CCN(C(=O)c3cc(F)c(F)cc3F)C2)C1. The molecule has 5 nitrogen and oxygen atoms in total. The molecular formula is C17H19F3N2O3.